The Balaban J connectivity index is 1.45. The highest BCUT2D eigenvalue weighted by Gasteiger charge is 2.19. The number of ether oxygens (including phenoxy) is 2. The number of pyridine rings is 1. The van der Waals surface area contributed by atoms with Gasteiger partial charge in [-0.05, 0) is 12.1 Å². The molecule has 0 aromatic carbocycles. The summed E-state index contributed by atoms with van der Waals surface area (Å²) >= 11 is 0. The van der Waals surface area contributed by atoms with Gasteiger partial charge in [0.15, 0.2) is 0 Å². The number of anilines is 1. The fourth-order valence-electron chi connectivity index (χ4n) is 2.74. The van der Waals surface area contributed by atoms with Gasteiger partial charge in [0.1, 0.15) is 5.69 Å². The summed E-state index contributed by atoms with van der Waals surface area (Å²) in [5.74, 6) is -0.0202. The molecule has 3 rings (SSSR count). The van der Waals surface area contributed by atoms with E-state index < -0.39 is 0 Å². The summed E-state index contributed by atoms with van der Waals surface area (Å²) in [4.78, 5) is 20.8. The fraction of sp³-hybridized carbons (Fsp3) is 0.625. The van der Waals surface area contributed by atoms with Crippen LogP contribution in [0.15, 0.2) is 18.3 Å². The first-order chi connectivity index (χ1) is 11.3. The van der Waals surface area contributed by atoms with Crippen LogP contribution in [0.1, 0.15) is 10.5 Å². The van der Waals surface area contributed by atoms with Crippen molar-refractivity contribution in [3.63, 3.8) is 0 Å². The van der Waals surface area contributed by atoms with E-state index in [1.165, 1.54) is 0 Å². The lowest BCUT2D eigenvalue weighted by Crippen LogP contribution is -2.41. The van der Waals surface area contributed by atoms with E-state index in [0.29, 0.717) is 32.0 Å². The number of nitrogens with zero attached hydrogens (tertiary/aromatic N) is 3. The Bertz CT molecular complexity index is 497. The topological polar surface area (TPSA) is 66.9 Å². The molecule has 0 atom stereocenters. The monoisotopic (exact) mass is 320 g/mol. The van der Waals surface area contributed by atoms with Gasteiger partial charge in [0, 0.05) is 39.3 Å². The van der Waals surface area contributed by atoms with Gasteiger partial charge in [0.2, 0.25) is 0 Å². The molecule has 0 spiro atoms. The Kier molecular flexibility index (Phi) is 5.79. The highest BCUT2D eigenvalue weighted by Crippen LogP contribution is 2.09. The van der Waals surface area contributed by atoms with Crippen LogP contribution in [0.3, 0.4) is 0 Å². The third kappa shape index (κ3) is 4.63. The van der Waals surface area contributed by atoms with Gasteiger partial charge in [0.05, 0.1) is 38.3 Å². The van der Waals surface area contributed by atoms with Gasteiger partial charge in [-0.1, -0.05) is 0 Å². The predicted octanol–water partition coefficient (Wildman–Crippen LogP) is 0.298. The van der Waals surface area contributed by atoms with E-state index in [4.69, 9.17) is 9.47 Å². The van der Waals surface area contributed by atoms with Crippen molar-refractivity contribution in [3.8, 4) is 0 Å². The number of aromatic nitrogens is 1. The second-order valence-corrected chi connectivity index (χ2v) is 5.72. The Labute approximate surface area is 136 Å². The summed E-state index contributed by atoms with van der Waals surface area (Å²) in [6, 6.07) is 3.70. The molecule has 0 saturated carbocycles. The van der Waals surface area contributed by atoms with E-state index in [1.54, 1.807) is 17.2 Å². The average molecular weight is 320 g/mol. The smallest absolute Gasteiger partial charge is 0.272 e. The number of morpholine rings is 2. The van der Waals surface area contributed by atoms with Crippen molar-refractivity contribution in [2.75, 3.05) is 71.0 Å². The summed E-state index contributed by atoms with van der Waals surface area (Å²) in [5, 5.41) is 3.35. The van der Waals surface area contributed by atoms with Crippen LogP contribution in [-0.4, -0.2) is 86.4 Å². The minimum atomic E-state index is -0.0202. The Hall–Kier alpha value is -1.70. The predicted molar refractivity (Wildman–Crippen MR) is 86.7 cm³/mol. The largest absolute Gasteiger partial charge is 0.383 e. The highest BCUT2D eigenvalue weighted by atomic mass is 16.5. The van der Waals surface area contributed by atoms with Crippen LogP contribution in [0, 0.1) is 0 Å². The van der Waals surface area contributed by atoms with Crippen LogP contribution in [0.4, 0.5) is 5.69 Å². The molecule has 1 amide bonds. The first-order valence-corrected chi connectivity index (χ1v) is 8.20. The number of carbonyl (C=O) groups is 1. The summed E-state index contributed by atoms with van der Waals surface area (Å²) in [7, 11) is 0. The van der Waals surface area contributed by atoms with Gasteiger partial charge in [-0.15, -0.1) is 0 Å². The molecule has 0 aliphatic carbocycles. The normalized spacial score (nSPS) is 19.6. The van der Waals surface area contributed by atoms with Gasteiger partial charge in [-0.25, -0.2) is 4.98 Å². The summed E-state index contributed by atoms with van der Waals surface area (Å²) < 4.78 is 10.6. The zero-order chi connectivity index (χ0) is 15.9. The molecule has 1 aromatic heterocycles. The van der Waals surface area contributed by atoms with Crippen molar-refractivity contribution in [1.29, 1.82) is 0 Å². The molecule has 7 heteroatoms. The molecular formula is C16H24N4O3. The molecule has 1 aromatic rings. The van der Waals surface area contributed by atoms with Crippen molar-refractivity contribution < 1.29 is 14.3 Å². The Morgan fingerprint density at radius 2 is 1.78 bits per heavy atom. The standard InChI is InChI=1S/C16H24N4O3/c21-16(20-7-11-23-12-8-20)15-2-1-14(13-18-15)17-3-4-19-5-9-22-10-6-19/h1-2,13,17H,3-12H2. The van der Waals surface area contributed by atoms with Crippen LogP contribution in [0.5, 0.6) is 0 Å². The van der Waals surface area contributed by atoms with Gasteiger partial charge in [0.25, 0.3) is 5.91 Å². The van der Waals surface area contributed by atoms with E-state index >= 15 is 0 Å². The quantitative estimate of drug-likeness (QED) is 0.842. The van der Waals surface area contributed by atoms with Crippen molar-refractivity contribution in [2.24, 2.45) is 0 Å². The minimum absolute atomic E-state index is 0.0202. The van der Waals surface area contributed by atoms with Gasteiger partial charge < -0.3 is 19.7 Å². The Morgan fingerprint density at radius 3 is 2.43 bits per heavy atom. The molecular weight excluding hydrogens is 296 g/mol. The maximum absolute atomic E-state index is 12.3. The van der Waals surface area contributed by atoms with Gasteiger partial charge in [-0.3, -0.25) is 9.69 Å². The van der Waals surface area contributed by atoms with E-state index in [9.17, 15) is 4.79 Å². The molecule has 23 heavy (non-hydrogen) atoms. The Morgan fingerprint density at radius 1 is 1.09 bits per heavy atom. The molecule has 7 nitrogen and oxygen atoms in total. The van der Waals surface area contributed by atoms with E-state index in [-0.39, 0.29) is 5.91 Å². The number of carbonyl (C=O) groups excluding carboxylic acids is 1. The lowest BCUT2D eigenvalue weighted by Gasteiger charge is -2.27. The first-order valence-electron chi connectivity index (χ1n) is 8.20. The minimum Gasteiger partial charge on any atom is -0.383 e. The third-order valence-corrected chi connectivity index (χ3v) is 4.14. The maximum Gasteiger partial charge on any atom is 0.272 e. The molecule has 1 N–H and O–H groups in total. The maximum atomic E-state index is 12.3. The molecule has 2 aliphatic heterocycles. The zero-order valence-corrected chi connectivity index (χ0v) is 13.4. The third-order valence-electron chi connectivity index (χ3n) is 4.14. The van der Waals surface area contributed by atoms with E-state index in [1.807, 2.05) is 6.07 Å². The molecule has 3 heterocycles. The number of hydrogen-bond acceptors (Lipinski definition) is 6. The SMILES string of the molecule is O=C(c1ccc(NCCN2CCOCC2)cn1)N1CCOCC1. The molecule has 2 fully saturated rings. The van der Waals surface area contributed by atoms with Gasteiger partial charge >= 0.3 is 0 Å². The lowest BCUT2D eigenvalue weighted by molar-refractivity contribution is 0.0299. The van der Waals surface area contributed by atoms with Gasteiger partial charge in [-0.2, -0.15) is 0 Å². The van der Waals surface area contributed by atoms with Crippen LogP contribution >= 0.6 is 0 Å². The van der Waals surface area contributed by atoms with Crippen molar-refractivity contribution >= 4 is 11.6 Å². The first kappa shape index (κ1) is 16.2. The molecule has 0 unspecified atom stereocenters. The molecule has 126 valence electrons. The van der Waals surface area contributed by atoms with Crippen LogP contribution in [0.25, 0.3) is 0 Å². The molecule has 0 radical (unpaired) electrons. The average Bonchev–Trinajstić information content (AvgIpc) is 2.63. The summed E-state index contributed by atoms with van der Waals surface area (Å²) in [5.41, 5.74) is 1.43. The van der Waals surface area contributed by atoms with E-state index in [0.717, 1.165) is 45.1 Å². The number of hydrogen-bond donors (Lipinski definition) is 1. The number of amides is 1. The van der Waals surface area contributed by atoms with Crippen LogP contribution < -0.4 is 5.32 Å². The summed E-state index contributed by atoms with van der Waals surface area (Å²) in [6.45, 7) is 7.95. The van der Waals surface area contributed by atoms with Crippen LogP contribution in [0.2, 0.25) is 0 Å². The zero-order valence-electron chi connectivity index (χ0n) is 13.4. The number of nitrogens with one attached hydrogen (secondary N) is 1. The highest BCUT2D eigenvalue weighted by molar-refractivity contribution is 5.92. The second kappa shape index (κ2) is 8.24. The summed E-state index contributed by atoms with van der Waals surface area (Å²) in [6.07, 6.45) is 1.73. The molecule has 0 bridgehead atoms. The fourth-order valence-corrected chi connectivity index (χ4v) is 2.74. The molecule has 2 saturated heterocycles. The second-order valence-electron chi connectivity index (χ2n) is 5.72. The molecule has 2 aliphatic rings. The van der Waals surface area contributed by atoms with Crippen LogP contribution in [-0.2, 0) is 9.47 Å². The van der Waals surface area contributed by atoms with Crippen molar-refractivity contribution in [3.05, 3.63) is 24.0 Å². The van der Waals surface area contributed by atoms with Crippen molar-refractivity contribution in [1.82, 2.24) is 14.8 Å². The number of rotatable bonds is 5. The van der Waals surface area contributed by atoms with E-state index in [2.05, 4.69) is 15.2 Å². The van der Waals surface area contributed by atoms with Crippen molar-refractivity contribution in [2.45, 2.75) is 0 Å². The lowest BCUT2D eigenvalue weighted by atomic mass is 10.3.